The zero-order chi connectivity index (χ0) is 26.2. The number of sulfonamides is 1. The predicted octanol–water partition coefficient (Wildman–Crippen LogP) is 2.87. The summed E-state index contributed by atoms with van der Waals surface area (Å²) in [7, 11) is -3.91. The van der Waals surface area contributed by atoms with Crippen molar-refractivity contribution in [2.45, 2.75) is 42.7 Å². The second-order valence-corrected chi connectivity index (χ2v) is 10.3. The van der Waals surface area contributed by atoms with Crippen molar-refractivity contribution in [3.8, 4) is 0 Å². The summed E-state index contributed by atoms with van der Waals surface area (Å²) in [6.07, 6.45) is -4.77. The van der Waals surface area contributed by atoms with Gasteiger partial charge in [0.1, 0.15) is 10.3 Å². The van der Waals surface area contributed by atoms with Crippen molar-refractivity contribution in [3.05, 3.63) is 52.4 Å². The van der Waals surface area contributed by atoms with E-state index in [0.717, 1.165) is 29.5 Å². The van der Waals surface area contributed by atoms with Gasteiger partial charge in [0, 0.05) is 24.4 Å². The molecule has 0 saturated carbocycles. The minimum Gasteiger partial charge on any atom is -0.481 e. The van der Waals surface area contributed by atoms with Crippen molar-refractivity contribution in [1.82, 2.24) is 10.0 Å². The number of Topliss-reactive ketones (excluding diaryl/α,β-unsaturated/α-hetero) is 1. The molecule has 1 aromatic heterocycles. The zero-order valence-corrected chi connectivity index (χ0v) is 20.1. The number of ether oxygens (including phenoxy) is 1. The number of carbonyl (C=O) groups excluding carboxylic acids is 2. The molecular weight excluding hydrogens is 513 g/mol. The Kier molecular flexibility index (Phi) is 9.94. The van der Waals surface area contributed by atoms with Gasteiger partial charge in [-0.3, -0.25) is 14.9 Å². The van der Waals surface area contributed by atoms with Gasteiger partial charge in [-0.05, 0) is 43.2 Å². The molecular formula is C21H23F3N2O7S2. The number of carbonyl (C=O) groups is 3. The van der Waals surface area contributed by atoms with Gasteiger partial charge in [0.2, 0.25) is 10.0 Å². The van der Waals surface area contributed by atoms with Crippen LogP contribution in [0.5, 0.6) is 0 Å². The van der Waals surface area contributed by atoms with Crippen LogP contribution in [0.2, 0.25) is 0 Å². The fourth-order valence-corrected chi connectivity index (χ4v) is 5.32. The number of aliphatic carboxylic acids is 1. The molecule has 9 nitrogen and oxygen atoms in total. The zero-order valence-electron chi connectivity index (χ0n) is 18.4. The Morgan fingerprint density at radius 2 is 1.89 bits per heavy atom. The molecule has 0 spiro atoms. The van der Waals surface area contributed by atoms with Crippen molar-refractivity contribution in [2.24, 2.45) is 0 Å². The first-order valence-corrected chi connectivity index (χ1v) is 12.6. The van der Waals surface area contributed by atoms with E-state index in [9.17, 15) is 36.0 Å². The van der Waals surface area contributed by atoms with Crippen molar-refractivity contribution in [2.75, 3.05) is 13.2 Å². The normalized spacial score (nSPS) is 12.8. The quantitative estimate of drug-likeness (QED) is 0.202. The van der Waals surface area contributed by atoms with Gasteiger partial charge < -0.3 is 9.84 Å². The Labute approximate surface area is 203 Å². The maximum atomic E-state index is 13.1. The number of benzene rings is 1. The fraction of sp³-hybridized carbons (Fsp3) is 0.381. The van der Waals surface area contributed by atoms with Crippen LogP contribution in [-0.2, 0) is 41.9 Å². The summed E-state index contributed by atoms with van der Waals surface area (Å²) in [5.41, 5.74) is -1.11. The number of rotatable bonds is 13. The molecule has 0 bridgehead atoms. The van der Waals surface area contributed by atoms with Gasteiger partial charge in [-0.2, -0.15) is 13.2 Å². The van der Waals surface area contributed by atoms with Crippen LogP contribution in [0.25, 0.3) is 0 Å². The summed E-state index contributed by atoms with van der Waals surface area (Å²) in [5, 5.41) is 11.3. The van der Waals surface area contributed by atoms with E-state index in [4.69, 9.17) is 9.84 Å². The second-order valence-electron chi connectivity index (χ2n) is 7.14. The first-order valence-electron chi connectivity index (χ1n) is 10.3. The number of halogens is 3. The van der Waals surface area contributed by atoms with Crippen LogP contribution < -0.4 is 10.0 Å². The first kappa shape index (κ1) is 28.4. The van der Waals surface area contributed by atoms with E-state index in [-0.39, 0.29) is 42.3 Å². The van der Waals surface area contributed by atoms with Gasteiger partial charge in [-0.25, -0.2) is 17.9 Å². The molecule has 1 heterocycles. The van der Waals surface area contributed by atoms with Crippen molar-refractivity contribution in [1.29, 1.82) is 0 Å². The average Bonchev–Trinajstić information content (AvgIpc) is 3.26. The summed E-state index contributed by atoms with van der Waals surface area (Å²) in [5.74, 6) is -3.38. The van der Waals surface area contributed by atoms with E-state index >= 15 is 0 Å². The molecule has 0 aliphatic carbocycles. The van der Waals surface area contributed by atoms with E-state index in [0.29, 0.717) is 4.88 Å². The second kappa shape index (κ2) is 12.2. The van der Waals surface area contributed by atoms with Gasteiger partial charge >= 0.3 is 18.1 Å². The molecule has 0 radical (unpaired) electrons. The molecule has 0 amide bonds. The van der Waals surface area contributed by atoms with Crippen LogP contribution in [0.3, 0.4) is 0 Å². The van der Waals surface area contributed by atoms with Crippen molar-refractivity contribution < 1.29 is 45.8 Å². The molecule has 1 aromatic carbocycles. The first-order chi connectivity index (χ1) is 16.3. The fourth-order valence-electron chi connectivity index (χ4n) is 2.89. The Morgan fingerprint density at radius 1 is 1.17 bits per heavy atom. The number of carboxylic acids is 1. The third-order valence-corrected chi connectivity index (χ3v) is 7.57. The Bertz CT molecular complexity index is 1160. The summed E-state index contributed by atoms with van der Waals surface area (Å²) in [4.78, 5) is 35.6. The predicted molar refractivity (Wildman–Crippen MR) is 119 cm³/mol. The lowest BCUT2D eigenvalue weighted by Crippen LogP contribution is -2.34. The van der Waals surface area contributed by atoms with Crippen LogP contribution in [0.15, 0.2) is 40.6 Å². The molecule has 1 atom stereocenters. The number of carboxylic acid groups (broad SMARTS) is 1. The lowest BCUT2D eigenvalue weighted by atomic mass is 10.00. The SMILES string of the molecule is CCOC(=O)C(=O)C(NCc1ccc(S(=O)(=O)NCCCC(=O)O)s1)c1cccc(C(F)(F)F)c1. The van der Waals surface area contributed by atoms with E-state index < -0.39 is 45.5 Å². The monoisotopic (exact) mass is 536 g/mol. The third kappa shape index (κ3) is 8.42. The van der Waals surface area contributed by atoms with Gasteiger partial charge in [-0.15, -0.1) is 11.3 Å². The summed E-state index contributed by atoms with van der Waals surface area (Å²) in [6, 6.07) is 5.23. The number of esters is 1. The van der Waals surface area contributed by atoms with Crippen LogP contribution in [-0.4, -0.2) is 44.4 Å². The Morgan fingerprint density at radius 3 is 2.51 bits per heavy atom. The highest BCUT2D eigenvalue weighted by Gasteiger charge is 2.33. The number of nitrogens with one attached hydrogen (secondary N) is 2. The highest BCUT2D eigenvalue weighted by molar-refractivity contribution is 7.91. The number of thiophene rings is 1. The summed E-state index contributed by atoms with van der Waals surface area (Å²) in [6.45, 7) is 1.16. The highest BCUT2D eigenvalue weighted by atomic mass is 32.2. The standard InChI is InChI=1S/C21H23F3N2O7S2/c1-2-33-20(30)19(29)18(13-5-3-6-14(11-13)21(22,23)24)25-12-15-8-9-17(34-15)35(31,32)26-10-4-7-16(27)28/h3,5-6,8-9,11,18,25-26H,2,4,7,10,12H2,1H3,(H,27,28). The number of hydrogen-bond donors (Lipinski definition) is 3. The molecule has 0 aliphatic heterocycles. The molecule has 35 heavy (non-hydrogen) atoms. The van der Waals surface area contributed by atoms with Crippen LogP contribution in [0, 0.1) is 0 Å². The molecule has 192 valence electrons. The topological polar surface area (TPSA) is 139 Å². The van der Waals surface area contributed by atoms with Gasteiger partial charge in [0.15, 0.2) is 0 Å². The summed E-state index contributed by atoms with van der Waals surface area (Å²) >= 11 is 0.842. The average molecular weight is 537 g/mol. The maximum Gasteiger partial charge on any atom is 0.416 e. The smallest absolute Gasteiger partial charge is 0.416 e. The van der Waals surface area contributed by atoms with Gasteiger partial charge in [-0.1, -0.05) is 12.1 Å². The van der Waals surface area contributed by atoms with E-state index in [1.807, 2.05) is 0 Å². The van der Waals surface area contributed by atoms with Crippen LogP contribution >= 0.6 is 11.3 Å². The molecule has 0 fully saturated rings. The van der Waals surface area contributed by atoms with Crippen LogP contribution in [0.1, 0.15) is 41.8 Å². The third-order valence-electron chi connectivity index (χ3n) is 4.53. The number of hydrogen-bond acceptors (Lipinski definition) is 8. The van der Waals surface area contributed by atoms with Gasteiger partial charge in [0.05, 0.1) is 12.2 Å². The lowest BCUT2D eigenvalue weighted by Gasteiger charge is -2.18. The number of alkyl halides is 3. The minimum absolute atomic E-state index is 0.0723. The minimum atomic E-state index is -4.66. The molecule has 1 unspecified atom stereocenters. The molecule has 14 heteroatoms. The van der Waals surface area contributed by atoms with E-state index in [1.54, 1.807) is 0 Å². The molecule has 2 aromatic rings. The van der Waals surface area contributed by atoms with E-state index in [2.05, 4.69) is 10.0 Å². The number of ketones is 1. The van der Waals surface area contributed by atoms with Gasteiger partial charge in [0.25, 0.3) is 5.78 Å². The van der Waals surface area contributed by atoms with Crippen molar-refractivity contribution in [3.63, 3.8) is 0 Å². The lowest BCUT2D eigenvalue weighted by molar-refractivity contribution is -0.154. The van der Waals surface area contributed by atoms with Crippen molar-refractivity contribution >= 4 is 39.1 Å². The highest BCUT2D eigenvalue weighted by Crippen LogP contribution is 2.31. The largest absolute Gasteiger partial charge is 0.481 e. The summed E-state index contributed by atoms with van der Waals surface area (Å²) < 4.78 is 71.0. The Hall–Kier alpha value is -2.81. The van der Waals surface area contributed by atoms with Crippen LogP contribution in [0.4, 0.5) is 13.2 Å². The maximum absolute atomic E-state index is 13.1. The molecule has 3 N–H and O–H groups in total. The molecule has 2 rings (SSSR count). The Balaban J connectivity index is 2.19. The molecule has 0 aliphatic rings. The molecule has 0 saturated heterocycles. The van der Waals surface area contributed by atoms with E-state index in [1.165, 1.54) is 25.1 Å².